The van der Waals surface area contributed by atoms with E-state index in [4.69, 9.17) is 14.2 Å². The maximum absolute atomic E-state index is 13.4. The Hall–Kier alpha value is -4.94. The minimum atomic E-state index is -0.905. The molecule has 0 unspecified atom stereocenters. The fourth-order valence-electron chi connectivity index (χ4n) is 4.64. The summed E-state index contributed by atoms with van der Waals surface area (Å²) < 4.78 is 23.7. The number of rotatable bonds is 11. The van der Waals surface area contributed by atoms with Crippen LogP contribution in [0, 0.1) is 0 Å². The van der Waals surface area contributed by atoms with Crippen molar-refractivity contribution in [3.05, 3.63) is 122 Å². The van der Waals surface area contributed by atoms with Crippen LogP contribution in [0.25, 0.3) is 6.08 Å². The zero-order chi connectivity index (χ0) is 33.5. The van der Waals surface area contributed by atoms with Crippen LogP contribution in [0.5, 0.6) is 17.2 Å². The third-order valence-electron chi connectivity index (χ3n) is 6.91. The summed E-state index contributed by atoms with van der Waals surface area (Å²) in [4.78, 5) is 51.3. The van der Waals surface area contributed by atoms with Crippen molar-refractivity contribution in [2.45, 2.75) is 20.1 Å². The summed E-state index contributed by atoms with van der Waals surface area (Å²) in [6.45, 7) is 2.99. The fraction of sp³-hybridized carbons (Fsp3) is 0.143. The summed E-state index contributed by atoms with van der Waals surface area (Å²) in [7, 11) is 1.25. The van der Waals surface area contributed by atoms with Gasteiger partial charge >= 0.3 is 12.0 Å². The van der Waals surface area contributed by atoms with Crippen molar-refractivity contribution in [1.82, 2.24) is 5.32 Å². The molecule has 12 heteroatoms. The van der Waals surface area contributed by atoms with Gasteiger partial charge in [0, 0.05) is 0 Å². The molecule has 5 rings (SSSR count). The van der Waals surface area contributed by atoms with Crippen molar-refractivity contribution in [3.63, 3.8) is 0 Å². The zero-order valence-corrected chi connectivity index (χ0v) is 28.4. The number of halogens is 2. The minimum Gasteiger partial charge on any atom is -0.490 e. The maximum Gasteiger partial charge on any atom is 0.337 e. The second kappa shape index (κ2) is 15.1. The van der Waals surface area contributed by atoms with Gasteiger partial charge in [0.2, 0.25) is 0 Å². The van der Waals surface area contributed by atoms with Crippen molar-refractivity contribution < 1.29 is 38.1 Å². The number of barbiturate groups is 1. The SMILES string of the molecule is CCOc1cc(COc2c(Br)cc(/C=C3/C(=O)NC(=O)N(c4ccc(C(=O)OC)cc4)C3=O)cc2Br)ccc1OCc1ccccc1. The van der Waals surface area contributed by atoms with Gasteiger partial charge in [-0.05, 0) is 110 Å². The van der Waals surface area contributed by atoms with E-state index in [-0.39, 0.29) is 23.4 Å². The number of ether oxygens (including phenoxy) is 4. The number of carbonyl (C=O) groups excluding carboxylic acids is 4. The molecule has 1 aliphatic heterocycles. The normalized spacial score (nSPS) is 13.7. The maximum atomic E-state index is 13.4. The lowest BCUT2D eigenvalue weighted by Crippen LogP contribution is -2.54. The van der Waals surface area contributed by atoms with Crippen molar-refractivity contribution in [1.29, 1.82) is 0 Å². The molecule has 0 saturated carbocycles. The summed E-state index contributed by atoms with van der Waals surface area (Å²) in [6, 6.07) is 23.6. The predicted molar refractivity (Wildman–Crippen MR) is 181 cm³/mol. The first-order valence-electron chi connectivity index (χ1n) is 14.3. The second-order valence-electron chi connectivity index (χ2n) is 10.1. The van der Waals surface area contributed by atoms with Crippen LogP contribution >= 0.6 is 31.9 Å². The molecule has 240 valence electrons. The van der Waals surface area contributed by atoms with Crippen LogP contribution in [-0.2, 0) is 27.5 Å². The lowest BCUT2D eigenvalue weighted by molar-refractivity contribution is -0.122. The molecule has 0 radical (unpaired) electrons. The fourth-order valence-corrected chi connectivity index (χ4v) is 6.10. The smallest absolute Gasteiger partial charge is 0.337 e. The number of amides is 4. The molecule has 1 aliphatic rings. The van der Waals surface area contributed by atoms with Gasteiger partial charge in [-0.3, -0.25) is 14.9 Å². The molecule has 4 amide bonds. The number of hydrogen-bond donors (Lipinski definition) is 1. The first-order chi connectivity index (χ1) is 22.7. The molecular formula is C35H28Br2N2O8. The summed E-state index contributed by atoms with van der Waals surface area (Å²) in [6.07, 6.45) is 1.38. The van der Waals surface area contributed by atoms with Crippen molar-refractivity contribution in [3.8, 4) is 17.2 Å². The average Bonchev–Trinajstić information content (AvgIpc) is 3.06. The molecular weight excluding hydrogens is 736 g/mol. The number of nitrogens with zero attached hydrogens (tertiary/aromatic N) is 1. The van der Waals surface area contributed by atoms with E-state index in [2.05, 4.69) is 41.9 Å². The van der Waals surface area contributed by atoms with Crippen LogP contribution in [0.2, 0.25) is 0 Å². The van der Waals surface area contributed by atoms with Gasteiger partial charge in [0.05, 0.1) is 33.9 Å². The van der Waals surface area contributed by atoms with Crippen LogP contribution in [0.4, 0.5) is 10.5 Å². The Morgan fingerprint density at radius 1 is 0.809 bits per heavy atom. The molecule has 47 heavy (non-hydrogen) atoms. The molecule has 1 saturated heterocycles. The van der Waals surface area contributed by atoms with Gasteiger partial charge in [0.1, 0.15) is 24.5 Å². The van der Waals surface area contributed by atoms with E-state index < -0.39 is 23.8 Å². The molecule has 0 aromatic heterocycles. The van der Waals surface area contributed by atoms with E-state index in [1.165, 1.54) is 37.5 Å². The molecule has 4 aromatic rings. The van der Waals surface area contributed by atoms with Gasteiger partial charge in [-0.25, -0.2) is 14.5 Å². The molecule has 0 atom stereocenters. The van der Waals surface area contributed by atoms with Gasteiger partial charge in [-0.1, -0.05) is 36.4 Å². The highest BCUT2D eigenvalue weighted by molar-refractivity contribution is 9.11. The average molecular weight is 764 g/mol. The second-order valence-corrected chi connectivity index (χ2v) is 11.8. The van der Waals surface area contributed by atoms with Gasteiger partial charge in [0.15, 0.2) is 11.5 Å². The number of benzene rings is 4. The first-order valence-corrected chi connectivity index (χ1v) is 15.9. The van der Waals surface area contributed by atoms with E-state index >= 15 is 0 Å². The van der Waals surface area contributed by atoms with Gasteiger partial charge in [0.25, 0.3) is 11.8 Å². The highest BCUT2D eigenvalue weighted by atomic mass is 79.9. The molecule has 4 aromatic carbocycles. The van der Waals surface area contributed by atoms with Crippen molar-refractivity contribution >= 4 is 67.4 Å². The van der Waals surface area contributed by atoms with Crippen LogP contribution in [-0.4, -0.2) is 37.5 Å². The Morgan fingerprint density at radius 2 is 1.49 bits per heavy atom. The van der Waals surface area contributed by atoms with E-state index in [9.17, 15) is 19.2 Å². The predicted octanol–water partition coefficient (Wildman–Crippen LogP) is 7.22. The number of urea groups is 1. The number of nitrogens with one attached hydrogen (secondary N) is 1. The number of carbonyl (C=O) groups is 4. The topological polar surface area (TPSA) is 120 Å². The van der Waals surface area contributed by atoms with E-state index in [1.54, 1.807) is 12.1 Å². The third-order valence-corrected chi connectivity index (χ3v) is 8.09. The number of methoxy groups -OCH3 is 1. The van der Waals surface area contributed by atoms with Crippen molar-refractivity contribution in [2.24, 2.45) is 0 Å². The molecule has 1 fully saturated rings. The zero-order valence-electron chi connectivity index (χ0n) is 25.3. The van der Waals surface area contributed by atoms with Crippen LogP contribution in [0.1, 0.15) is 34.0 Å². The molecule has 0 spiro atoms. The van der Waals surface area contributed by atoms with E-state index in [0.29, 0.717) is 45.0 Å². The number of esters is 1. The largest absolute Gasteiger partial charge is 0.490 e. The summed E-state index contributed by atoms with van der Waals surface area (Å²) >= 11 is 7.05. The van der Waals surface area contributed by atoms with Gasteiger partial charge < -0.3 is 18.9 Å². The lowest BCUT2D eigenvalue weighted by atomic mass is 10.1. The number of anilines is 1. The Bertz CT molecular complexity index is 1840. The molecule has 0 aliphatic carbocycles. The molecule has 1 N–H and O–H groups in total. The Morgan fingerprint density at radius 3 is 2.15 bits per heavy atom. The Labute approximate surface area is 287 Å². The van der Waals surface area contributed by atoms with Crippen LogP contribution in [0.3, 0.4) is 0 Å². The summed E-state index contributed by atoms with van der Waals surface area (Å²) in [5.41, 5.74) is 2.54. The summed E-state index contributed by atoms with van der Waals surface area (Å²) in [5, 5.41) is 2.19. The van der Waals surface area contributed by atoms with Crippen LogP contribution < -0.4 is 24.4 Å². The minimum absolute atomic E-state index is 0.174. The lowest BCUT2D eigenvalue weighted by Gasteiger charge is -2.26. The standard InChI is InChI=1S/C35H28Br2N2O8/c1-3-45-30-18-22(9-14-29(30)46-19-21-7-5-4-6-8-21)20-47-31-27(36)16-23(17-28(31)37)15-26-32(40)38-35(43)39(33(26)41)25-12-10-24(11-13-25)34(42)44-2/h4-18H,3,19-20H2,1-2H3,(H,38,40,43)/b26-15-. The monoisotopic (exact) mass is 762 g/mol. The van der Waals surface area contributed by atoms with E-state index in [1.807, 2.05) is 55.5 Å². The Kier molecular flexibility index (Phi) is 10.7. The quantitative estimate of drug-likeness (QED) is 0.0967. The molecule has 1 heterocycles. The summed E-state index contributed by atoms with van der Waals surface area (Å²) in [5.74, 6) is -0.500. The highest BCUT2D eigenvalue weighted by Crippen LogP contribution is 2.37. The highest BCUT2D eigenvalue weighted by Gasteiger charge is 2.37. The van der Waals surface area contributed by atoms with Gasteiger partial charge in [-0.2, -0.15) is 0 Å². The first kappa shape index (κ1) is 33.4. The number of hydrogen-bond acceptors (Lipinski definition) is 8. The van der Waals surface area contributed by atoms with Crippen molar-refractivity contribution in [2.75, 3.05) is 18.6 Å². The third kappa shape index (κ3) is 7.90. The Balaban J connectivity index is 1.31. The molecule has 10 nitrogen and oxygen atoms in total. The van der Waals surface area contributed by atoms with E-state index in [0.717, 1.165) is 16.0 Å². The van der Waals surface area contributed by atoms with Gasteiger partial charge in [-0.15, -0.1) is 0 Å². The molecule has 0 bridgehead atoms. The van der Waals surface area contributed by atoms with Crippen LogP contribution in [0.15, 0.2) is 99.4 Å². The number of imide groups is 2.